The molecule has 2 N–H and O–H groups in total. The summed E-state index contributed by atoms with van der Waals surface area (Å²) in [6.45, 7) is 2.81. The Balaban J connectivity index is 1.58. The number of anilines is 1. The molecule has 2 aromatic heterocycles. The van der Waals surface area contributed by atoms with Gasteiger partial charge < -0.3 is 10.6 Å². The zero-order chi connectivity index (χ0) is 13.8. The van der Waals surface area contributed by atoms with Crippen LogP contribution in [0.1, 0.15) is 29.5 Å². The number of hydrogen-bond donors (Lipinski definition) is 2. The van der Waals surface area contributed by atoms with Crippen molar-refractivity contribution in [3.63, 3.8) is 0 Å². The van der Waals surface area contributed by atoms with Crippen molar-refractivity contribution in [3.05, 3.63) is 40.4 Å². The van der Waals surface area contributed by atoms with E-state index in [1.165, 1.54) is 30.1 Å². The third-order valence-electron chi connectivity index (χ3n) is 3.46. The lowest BCUT2D eigenvalue weighted by Crippen LogP contribution is -2.26. The quantitative estimate of drug-likeness (QED) is 0.851. The van der Waals surface area contributed by atoms with Gasteiger partial charge in [-0.2, -0.15) is 4.39 Å². The zero-order valence-electron chi connectivity index (χ0n) is 11.1. The predicted octanol–water partition coefficient (Wildman–Crippen LogP) is 2.76. The van der Waals surface area contributed by atoms with E-state index in [4.69, 9.17) is 4.98 Å². The molecule has 1 aliphatic heterocycles. The Bertz CT molecular complexity index is 549. The molecule has 0 amide bonds. The minimum Gasteiger partial charge on any atom is -0.378 e. The monoisotopic (exact) mass is 292 g/mol. The van der Waals surface area contributed by atoms with Crippen LogP contribution in [0.4, 0.5) is 10.1 Å². The summed E-state index contributed by atoms with van der Waals surface area (Å²) in [5, 5.41) is 9.91. The van der Waals surface area contributed by atoms with Crippen LogP contribution < -0.4 is 10.6 Å². The molecule has 0 atom stereocenters. The number of aromatic nitrogens is 2. The van der Waals surface area contributed by atoms with Crippen LogP contribution in [0.2, 0.25) is 0 Å². The van der Waals surface area contributed by atoms with E-state index in [1.54, 1.807) is 17.4 Å². The number of hydrogen-bond acceptors (Lipinski definition) is 5. The van der Waals surface area contributed by atoms with E-state index in [1.807, 2.05) is 0 Å². The molecule has 0 aromatic carbocycles. The number of pyridine rings is 1. The molecule has 0 bridgehead atoms. The van der Waals surface area contributed by atoms with E-state index < -0.39 is 5.95 Å². The molecule has 0 unspecified atom stereocenters. The van der Waals surface area contributed by atoms with Crippen LogP contribution in [-0.2, 0) is 6.54 Å². The molecule has 1 aliphatic rings. The van der Waals surface area contributed by atoms with E-state index in [0.717, 1.165) is 24.5 Å². The van der Waals surface area contributed by atoms with Crippen LogP contribution >= 0.6 is 11.3 Å². The number of nitrogens with one attached hydrogen (secondary N) is 2. The van der Waals surface area contributed by atoms with Crippen molar-refractivity contribution in [3.8, 4) is 0 Å². The van der Waals surface area contributed by atoms with Gasteiger partial charge in [-0.05, 0) is 38.1 Å². The van der Waals surface area contributed by atoms with Gasteiger partial charge in [-0.1, -0.05) is 0 Å². The van der Waals surface area contributed by atoms with Crippen molar-refractivity contribution in [2.24, 2.45) is 0 Å². The standard InChI is InChI=1S/C14H17FN4S/c15-13-2-1-11(7-18-13)17-8-12-9-20-14(19-12)10-3-5-16-6-4-10/h1-2,7,9-10,16-17H,3-6,8H2. The summed E-state index contributed by atoms with van der Waals surface area (Å²) in [5.41, 5.74) is 1.84. The van der Waals surface area contributed by atoms with Crippen LogP contribution in [-0.4, -0.2) is 23.1 Å². The SMILES string of the molecule is Fc1ccc(NCc2csc(C3CCNCC3)n2)cn1. The second kappa shape index (κ2) is 6.28. The van der Waals surface area contributed by atoms with Gasteiger partial charge in [0.25, 0.3) is 0 Å². The van der Waals surface area contributed by atoms with E-state index in [-0.39, 0.29) is 0 Å². The summed E-state index contributed by atoms with van der Waals surface area (Å²) in [5.74, 6) is 0.139. The Kier molecular flexibility index (Phi) is 4.22. The topological polar surface area (TPSA) is 49.8 Å². The van der Waals surface area contributed by atoms with Gasteiger partial charge in [-0.3, -0.25) is 0 Å². The first-order valence-electron chi connectivity index (χ1n) is 6.82. The van der Waals surface area contributed by atoms with Gasteiger partial charge in [-0.25, -0.2) is 9.97 Å². The number of piperidine rings is 1. The van der Waals surface area contributed by atoms with Crippen LogP contribution in [0.15, 0.2) is 23.7 Å². The average molecular weight is 292 g/mol. The maximum Gasteiger partial charge on any atom is 0.212 e. The molecular weight excluding hydrogens is 275 g/mol. The first kappa shape index (κ1) is 13.5. The Labute approximate surface area is 121 Å². The summed E-state index contributed by atoms with van der Waals surface area (Å²) < 4.78 is 12.7. The van der Waals surface area contributed by atoms with E-state index >= 15 is 0 Å². The molecule has 20 heavy (non-hydrogen) atoms. The maximum absolute atomic E-state index is 12.7. The summed E-state index contributed by atoms with van der Waals surface area (Å²) in [7, 11) is 0. The fourth-order valence-corrected chi connectivity index (χ4v) is 3.32. The minimum absolute atomic E-state index is 0.461. The van der Waals surface area contributed by atoms with E-state index in [9.17, 15) is 4.39 Å². The Morgan fingerprint density at radius 1 is 1.35 bits per heavy atom. The largest absolute Gasteiger partial charge is 0.378 e. The van der Waals surface area contributed by atoms with Gasteiger partial charge in [0.15, 0.2) is 0 Å². The maximum atomic E-state index is 12.7. The van der Waals surface area contributed by atoms with Crippen molar-refractivity contribution in [2.75, 3.05) is 18.4 Å². The smallest absolute Gasteiger partial charge is 0.212 e. The van der Waals surface area contributed by atoms with E-state index in [0.29, 0.717) is 12.5 Å². The Morgan fingerprint density at radius 3 is 2.95 bits per heavy atom. The molecule has 1 fully saturated rings. The molecule has 3 rings (SSSR count). The molecule has 0 aliphatic carbocycles. The first-order chi connectivity index (χ1) is 9.81. The molecule has 6 heteroatoms. The molecule has 0 radical (unpaired) electrons. The third-order valence-corrected chi connectivity index (χ3v) is 4.51. The van der Waals surface area contributed by atoms with Crippen LogP contribution in [0.3, 0.4) is 0 Å². The van der Waals surface area contributed by atoms with Crippen molar-refractivity contribution in [1.29, 1.82) is 0 Å². The summed E-state index contributed by atoms with van der Waals surface area (Å²) in [6.07, 6.45) is 3.83. The lowest BCUT2D eigenvalue weighted by atomic mass is 9.99. The highest BCUT2D eigenvalue weighted by Gasteiger charge is 2.18. The number of rotatable bonds is 4. The molecule has 3 heterocycles. The van der Waals surface area contributed by atoms with Crippen LogP contribution in [0.25, 0.3) is 0 Å². The first-order valence-corrected chi connectivity index (χ1v) is 7.69. The average Bonchev–Trinajstić information content (AvgIpc) is 2.97. The molecule has 106 valence electrons. The third kappa shape index (κ3) is 3.32. The van der Waals surface area contributed by atoms with Crippen molar-refractivity contribution in [2.45, 2.75) is 25.3 Å². The van der Waals surface area contributed by atoms with Gasteiger partial charge >= 0.3 is 0 Å². The van der Waals surface area contributed by atoms with Crippen LogP contribution in [0, 0.1) is 5.95 Å². The second-order valence-corrected chi connectivity index (χ2v) is 5.81. The fourth-order valence-electron chi connectivity index (χ4n) is 2.33. The lowest BCUT2D eigenvalue weighted by molar-refractivity contribution is 0.458. The molecular formula is C14H17FN4S. The van der Waals surface area contributed by atoms with Gasteiger partial charge in [0.2, 0.25) is 5.95 Å². The van der Waals surface area contributed by atoms with Gasteiger partial charge in [0, 0.05) is 11.3 Å². The van der Waals surface area contributed by atoms with Crippen molar-refractivity contribution in [1.82, 2.24) is 15.3 Å². The van der Waals surface area contributed by atoms with Crippen molar-refractivity contribution < 1.29 is 4.39 Å². The molecule has 0 spiro atoms. The molecule has 2 aromatic rings. The summed E-state index contributed by atoms with van der Waals surface area (Å²) in [4.78, 5) is 8.32. The summed E-state index contributed by atoms with van der Waals surface area (Å²) in [6, 6.07) is 3.03. The number of halogens is 1. The van der Waals surface area contributed by atoms with E-state index in [2.05, 4.69) is 21.0 Å². The lowest BCUT2D eigenvalue weighted by Gasteiger charge is -2.20. The Morgan fingerprint density at radius 2 is 2.20 bits per heavy atom. The van der Waals surface area contributed by atoms with Crippen molar-refractivity contribution >= 4 is 17.0 Å². The summed E-state index contributed by atoms with van der Waals surface area (Å²) >= 11 is 1.74. The molecule has 1 saturated heterocycles. The highest BCUT2D eigenvalue weighted by molar-refractivity contribution is 7.09. The molecule has 0 saturated carbocycles. The highest BCUT2D eigenvalue weighted by atomic mass is 32.1. The second-order valence-electron chi connectivity index (χ2n) is 4.92. The highest BCUT2D eigenvalue weighted by Crippen LogP contribution is 2.28. The minimum atomic E-state index is -0.461. The fraction of sp³-hybridized carbons (Fsp3) is 0.429. The predicted molar refractivity (Wildman–Crippen MR) is 78.5 cm³/mol. The van der Waals surface area contributed by atoms with Gasteiger partial charge in [0.05, 0.1) is 29.1 Å². The molecule has 4 nitrogen and oxygen atoms in total. The van der Waals surface area contributed by atoms with Gasteiger partial charge in [-0.15, -0.1) is 11.3 Å². The normalized spacial score (nSPS) is 16.2. The number of thiazole rings is 1. The Hall–Kier alpha value is -1.53. The van der Waals surface area contributed by atoms with Crippen LogP contribution in [0.5, 0.6) is 0 Å². The zero-order valence-corrected chi connectivity index (χ0v) is 11.9. The van der Waals surface area contributed by atoms with Gasteiger partial charge in [0.1, 0.15) is 0 Å². The number of nitrogens with zero attached hydrogens (tertiary/aromatic N) is 2.